The fraction of sp³-hybridized carbons (Fsp3) is 0.400. The zero-order chi connectivity index (χ0) is 20.9. The van der Waals surface area contributed by atoms with Gasteiger partial charge in [0.2, 0.25) is 0 Å². The van der Waals surface area contributed by atoms with E-state index in [9.17, 15) is 4.79 Å². The molecule has 0 unspecified atom stereocenters. The van der Waals surface area contributed by atoms with E-state index >= 15 is 0 Å². The lowest BCUT2D eigenvalue weighted by Gasteiger charge is -2.53. The maximum absolute atomic E-state index is 12.5. The Balaban J connectivity index is 1.61. The molecular formula is C25H31NO3. The molecule has 0 amide bonds. The van der Waals surface area contributed by atoms with Crippen LogP contribution in [-0.4, -0.2) is 34.8 Å². The first kappa shape index (κ1) is 21.3. The van der Waals surface area contributed by atoms with Crippen molar-refractivity contribution in [3.8, 4) is 0 Å². The lowest BCUT2D eigenvalue weighted by Crippen LogP contribution is -2.62. The highest BCUT2D eigenvalue weighted by molar-refractivity contribution is 5.89. The van der Waals surface area contributed by atoms with Crippen molar-refractivity contribution in [2.24, 2.45) is 0 Å². The summed E-state index contributed by atoms with van der Waals surface area (Å²) in [6, 6.07) is 19.4. The quantitative estimate of drug-likeness (QED) is 0.607. The van der Waals surface area contributed by atoms with E-state index in [1.54, 1.807) is 12.1 Å². The van der Waals surface area contributed by atoms with Crippen LogP contribution in [0.3, 0.4) is 0 Å². The van der Waals surface area contributed by atoms with Gasteiger partial charge in [0.25, 0.3) is 0 Å². The molecular weight excluding hydrogens is 362 g/mol. The van der Waals surface area contributed by atoms with Crippen molar-refractivity contribution in [1.29, 1.82) is 0 Å². The van der Waals surface area contributed by atoms with E-state index < -0.39 is 0 Å². The second-order valence-electron chi connectivity index (χ2n) is 8.83. The molecule has 2 aromatic rings. The smallest absolute Gasteiger partial charge is 0.338 e. The van der Waals surface area contributed by atoms with Gasteiger partial charge in [-0.2, -0.15) is 5.06 Å². The lowest BCUT2D eigenvalue weighted by molar-refractivity contribution is -0.285. The molecule has 0 atom stereocenters. The molecule has 0 aliphatic carbocycles. The van der Waals surface area contributed by atoms with Crippen LogP contribution in [0.1, 0.15) is 56.5 Å². The molecule has 1 aliphatic heterocycles. The van der Waals surface area contributed by atoms with Gasteiger partial charge in [-0.15, -0.1) is 0 Å². The number of ether oxygens (including phenoxy) is 1. The van der Waals surface area contributed by atoms with Crippen molar-refractivity contribution in [3.05, 3.63) is 77.9 Å². The van der Waals surface area contributed by atoms with Gasteiger partial charge in [0.05, 0.1) is 12.2 Å². The highest BCUT2D eigenvalue weighted by Crippen LogP contribution is 2.40. The average Bonchev–Trinajstić information content (AvgIpc) is 2.67. The van der Waals surface area contributed by atoms with Crippen molar-refractivity contribution in [2.75, 3.05) is 6.61 Å². The van der Waals surface area contributed by atoms with Gasteiger partial charge >= 0.3 is 5.97 Å². The van der Waals surface area contributed by atoms with Crippen molar-refractivity contribution < 1.29 is 14.4 Å². The minimum Gasteiger partial charge on any atom is -0.459 e. The van der Waals surface area contributed by atoms with Crippen molar-refractivity contribution in [2.45, 2.75) is 57.7 Å². The summed E-state index contributed by atoms with van der Waals surface area (Å²) < 4.78 is 5.85. The maximum atomic E-state index is 12.5. The third-order valence-electron chi connectivity index (χ3n) is 5.25. The zero-order valence-electron chi connectivity index (χ0n) is 17.8. The normalized spacial score (nSPS) is 19.3. The Morgan fingerprint density at radius 1 is 0.966 bits per heavy atom. The van der Waals surface area contributed by atoms with Crippen LogP contribution in [0.25, 0.3) is 6.08 Å². The summed E-state index contributed by atoms with van der Waals surface area (Å²) in [5.74, 6) is -0.262. The van der Waals surface area contributed by atoms with Crippen LogP contribution in [0.5, 0.6) is 0 Å². The standard InChI is InChI=1S/C25H31NO3/c1-24(2)18-22(29-23(27)21-15-9-6-10-16-21)19-25(3,4)26(24)28-17-11-14-20-12-7-5-8-13-20/h5-16,22H,17-19H2,1-4H3/b14-11+. The molecule has 0 spiro atoms. The van der Waals surface area contributed by atoms with Crippen molar-refractivity contribution >= 4 is 12.0 Å². The zero-order valence-corrected chi connectivity index (χ0v) is 17.8. The monoisotopic (exact) mass is 393 g/mol. The maximum Gasteiger partial charge on any atom is 0.338 e. The Morgan fingerprint density at radius 2 is 1.52 bits per heavy atom. The van der Waals surface area contributed by atoms with E-state index in [2.05, 4.69) is 51.0 Å². The number of hydroxylamine groups is 2. The molecule has 154 valence electrons. The number of hydrogen-bond donors (Lipinski definition) is 0. The van der Waals surface area contributed by atoms with Gasteiger partial charge < -0.3 is 4.74 Å². The molecule has 0 bridgehead atoms. The van der Waals surface area contributed by atoms with Gasteiger partial charge in [-0.05, 0) is 45.4 Å². The first-order valence-corrected chi connectivity index (χ1v) is 10.2. The third kappa shape index (κ3) is 5.55. The molecule has 4 heteroatoms. The Morgan fingerprint density at radius 3 is 2.10 bits per heavy atom. The van der Waals surface area contributed by atoms with E-state index in [1.807, 2.05) is 42.5 Å². The molecule has 1 heterocycles. The Kier molecular flexibility index (Phi) is 6.56. The van der Waals surface area contributed by atoms with Crippen molar-refractivity contribution in [3.63, 3.8) is 0 Å². The number of benzene rings is 2. The van der Waals surface area contributed by atoms with Crippen LogP contribution < -0.4 is 0 Å². The first-order chi connectivity index (χ1) is 13.8. The topological polar surface area (TPSA) is 38.8 Å². The number of piperidine rings is 1. The Bertz CT molecular complexity index is 810. The summed E-state index contributed by atoms with van der Waals surface area (Å²) >= 11 is 0. The molecule has 1 fully saturated rings. The molecule has 1 aliphatic rings. The molecule has 3 rings (SSSR count). The van der Waals surface area contributed by atoms with Crippen LogP contribution in [0.4, 0.5) is 0 Å². The summed E-state index contributed by atoms with van der Waals surface area (Å²) in [7, 11) is 0. The number of carbonyl (C=O) groups excluding carboxylic acids is 1. The summed E-state index contributed by atoms with van der Waals surface area (Å²) in [4.78, 5) is 18.7. The van der Waals surface area contributed by atoms with Gasteiger partial charge in [-0.3, -0.25) is 4.84 Å². The van der Waals surface area contributed by atoms with Crippen molar-refractivity contribution in [1.82, 2.24) is 5.06 Å². The predicted octanol–water partition coefficient (Wildman–Crippen LogP) is 5.51. The minimum absolute atomic E-state index is 0.146. The number of rotatable bonds is 6. The first-order valence-electron chi connectivity index (χ1n) is 10.2. The fourth-order valence-electron chi connectivity index (χ4n) is 4.26. The summed E-state index contributed by atoms with van der Waals surface area (Å²) in [6.07, 6.45) is 5.39. The molecule has 4 nitrogen and oxygen atoms in total. The van der Waals surface area contributed by atoms with Gasteiger partial charge in [0, 0.05) is 23.9 Å². The molecule has 0 saturated carbocycles. The number of hydrogen-bond acceptors (Lipinski definition) is 4. The largest absolute Gasteiger partial charge is 0.459 e. The molecule has 0 radical (unpaired) electrons. The molecule has 29 heavy (non-hydrogen) atoms. The lowest BCUT2D eigenvalue weighted by atomic mass is 9.80. The van der Waals surface area contributed by atoms with Gasteiger partial charge in [0.15, 0.2) is 0 Å². The fourth-order valence-corrected chi connectivity index (χ4v) is 4.26. The SMILES string of the molecule is CC1(C)CC(OC(=O)c2ccccc2)CC(C)(C)N1OC/C=C/c1ccccc1. The highest BCUT2D eigenvalue weighted by Gasteiger charge is 2.47. The summed E-state index contributed by atoms with van der Waals surface area (Å²) in [5, 5.41) is 2.07. The minimum atomic E-state index is -0.262. The molecule has 1 saturated heterocycles. The van der Waals surface area contributed by atoms with E-state index in [4.69, 9.17) is 9.57 Å². The predicted molar refractivity (Wildman–Crippen MR) is 116 cm³/mol. The second kappa shape index (κ2) is 8.93. The van der Waals surface area contributed by atoms with Gasteiger partial charge in [0.1, 0.15) is 6.10 Å². The second-order valence-corrected chi connectivity index (χ2v) is 8.83. The number of carbonyl (C=O) groups is 1. The van der Waals surface area contributed by atoms with Crippen LogP contribution in [-0.2, 0) is 9.57 Å². The number of esters is 1. The summed E-state index contributed by atoms with van der Waals surface area (Å²) in [6.45, 7) is 9.04. The van der Waals surface area contributed by atoms with Gasteiger partial charge in [-0.25, -0.2) is 4.79 Å². The van der Waals surface area contributed by atoms with E-state index in [1.165, 1.54) is 0 Å². The molecule has 2 aromatic carbocycles. The van der Waals surface area contributed by atoms with E-state index in [0.29, 0.717) is 12.2 Å². The molecule has 0 aromatic heterocycles. The van der Waals surface area contributed by atoms with Crippen LogP contribution in [0.15, 0.2) is 66.7 Å². The Labute approximate surface area is 174 Å². The van der Waals surface area contributed by atoms with E-state index in [-0.39, 0.29) is 23.2 Å². The Hall–Kier alpha value is -2.43. The average molecular weight is 394 g/mol. The molecule has 0 N–H and O–H groups in total. The number of nitrogens with zero attached hydrogens (tertiary/aromatic N) is 1. The van der Waals surface area contributed by atoms with Crippen LogP contribution >= 0.6 is 0 Å². The van der Waals surface area contributed by atoms with Crippen LogP contribution in [0.2, 0.25) is 0 Å². The van der Waals surface area contributed by atoms with Crippen LogP contribution in [0, 0.1) is 0 Å². The third-order valence-corrected chi connectivity index (χ3v) is 5.25. The van der Waals surface area contributed by atoms with Gasteiger partial charge in [-0.1, -0.05) is 60.7 Å². The summed E-state index contributed by atoms with van der Waals surface area (Å²) in [5.41, 5.74) is 1.22. The van der Waals surface area contributed by atoms with E-state index in [0.717, 1.165) is 18.4 Å². The highest BCUT2D eigenvalue weighted by atomic mass is 16.7.